The number of nitrogens with one attached hydrogen (secondary N) is 1. The quantitative estimate of drug-likeness (QED) is 0.511. The van der Waals surface area contributed by atoms with Crippen LogP contribution in [0.4, 0.5) is 17.1 Å². The van der Waals surface area contributed by atoms with Crippen molar-refractivity contribution in [3.8, 4) is 0 Å². The highest BCUT2D eigenvalue weighted by atomic mass is 35.5. The number of aromatic nitrogens is 1. The van der Waals surface area contributed by atoms with Crippen LogP contribution in [0.25, 0.3) is 0 Å². The molecule has 0 fully saturated rings. The second kappa shape index (κ2) is 7.48. The van der Waals surface area contributed by atoms with Gasteiger partial charge in [-0.3, -0.25) is 4.79 Å². The first-order valence-corrected chi connectivity index (χ1v) is 7.58. The Kier molecular flexibility index (Phi) is 4.93. The molecule has 1 aromatic heterocycles. The van der Waals surface area contributed by atoms with E-state index in [1.54, 1.807) is 30.3 Å². The molecule has 0 unspecified atom stereocenters. The highest BCUT2D eigenvalue weighted by molar-refractivity contribution is 6.29. The Bertz CT molecular complexity index is 864. The summed E-state index contributed by atoms with van der Waals surface area (Å²) in [5, 5.41) is 11.4. The number of azo groups is 1. The van der Waals surface area contributed by atoms with Gasteiger partial charge in [-0.05, 0) is 48.5 Å². The van der Waals surface area contributed by atoms with Crippen LogP contribution >= 0.6 is 11.6 Å². The highest BCUT2D eigenvalue weighted by Gasteiger charge is 2.06. The normalized spacial score (nSPS) is 10.7. The summed E-state index contributed by atoms with van der Waals surface area (Å²) >= 11 is 5.78. The monoisotopic (exact) mass is 336 g/mol. The molecule has 3 aromatic rings. The predicted molar refractivity (Wildman–Crippen MR) is 94.3 cm³/mol. The zero-order chi connectivity index (χ0) is 16.8. The van der Waals surface area contributed by atoms with Gasteiger partial charge < -0.3 is 5.32 Å². The van der Waals surface area contributed by atoms with E-state index in [-0.39, 0.29) is 11.1 Å². The lowest BCUT2D eigenvalue weighted by Gasteiger charge is -2.05. The van der Waals surface area contributed by atoms with Gasteiger partial charge in [0.2, 0.25) is 0 Å². The molecule has 3 rings (SSSR count). The van der Waals surface area contributed by atoms with Crippen molar-refractivity contribution in [1.29, 1.82) is 0 Å². The van der Waals surface area contributed by atoms with Crippen LogP contribution in [0.3, 0.4) is 0 Å². The zero-order valence-corrected chi connectivity index (χ0v) is 13.3. The summed E-state index contributed by atoms with van der Waals surface area (Å²) in [5.41, 5.74) is 2.59. The van der Waals surface area contributed by atoms with Crippen LogP contribution in [0.5, 0.6) is 0 Å². The summed E-state index contributed by atoms with van der Waals surface area (Å²) < 4.78 is 0. The summed E-state index contributed by atoms with van der Waals surface area (Å²) in [6, 6.07) is 19.7. The lowest BCUT2D eigenvalue weighted by Crippen LogP contribution is -2.11. The van der Waals surface area contributed by atoms with Crippen LogP contribution in [-0.2, 0) is 0 Å². The lowest BCUT2D eigenvalue weighted by molar-refractivity contribution is 0.102. The minimum atomic E-state index is -0.252. The van der Waals surface area contributed by atoms with Crippen molar-refractivity contribution >= 4 is 34.6 Å². The molecule has 0 saturated carbocycles. The van der Waals surface area contributed by atoms with Crippen molar-refractivity contribution in [1.82, 2.24) is 4.98 Å². The van der Waals surface area contributed by atoms with Crippen LogP contribution in [0.1, 0.15) is 10.4 Å². The maximum atomic E-state index is 12.1. The van der Waals surface area contributed by atoms with E-state index in [9.17, 15) is 4.79 Å². The van der Waals surface area contributed by atoms with Gasteiger partial charge in [0.1, 0.15) is 5.15 Å². The molecule has 0 saturated heterocycles. The average Bonchev–Trinajstić information content (AvgIpc) is 2.62. The van der Waals surface area contributed by atoms with E-state index in [0.717, 1.165) is 5.69 Å². The molecule has 1 heterocycles. The van der Waals surface area contributed by atoms with Crippen LogP contribution in [0, 0.1) is 0 Å². The first kappa shape index (κ1) is 15.8. The molecule has 118 valence electrons. The Balaban J connectivity index is 1.66. The number of pyridine rings is 1. The molecule has 1 amide bonds. The largest absolute Gasteiger partial charge is 0.322 e. The van der Waals surface area contributed by atoms with Gasteiger partial charge in [-0.1, -0.05) is 29.8 Å². The maximum Gasteiger partial charge on any atom is 0.255 e. The molecule has 6 heteroatoms. The molecular formula is C18H13ClN4O. The van der Waals surface area contributed by atoms with E-state index < -0.39 is 0 Å². The zero-order valence-electron chi connectivity index (χ0n) is 12.6. The van der Waals surface area contributed by atoms with Crippen molar-refractivity contribution in [3.63, 3.8) is 0 Å². The second-order valence-corrected chi connectivity index (χ2v) is 5.29. The standard InChI is InChI=1S/C18H13ClN4O/c19-17-12-13(10-11-20-17)18(24)21-14-6-8-16(9-7-14)23-22-15-4-2-1-3-5-15/h1-12H,(H,21,24). The van der Waals surface area contributed by atoms with Crippen molar-refractivity contribution in [2.45, 2.75) is 0 Å². The molecule has 24 heavy (non-hydrogen) atoms. The Morgan fingerprint density at radius 2 is 1.58 bits per heavy atom. The minimum Gasteiger partial charge on any atom is -0.322 e. The third-order valence-electron chi connectivity index (χ3n) is 3.15. The first-order chi connectivity index (χ1) is 11.7. The van der Waals surface area contributed by atoms with E-state index in [0.29, 0.717) is 16.9 Å². The van der Waals surface area contributed by atoms with Gasteiger partial charge in [0, 0.05) is 17.4 Å². The van der Waals surface area contributed by atoms with E-state index >= 15 is 0 Å². The van der Waals surface area contributed by atoms with E-state index in [2.05, 4.69) is 20.5 Å². The molecule has 0 aliphatic heterocycles. The molecular weight excluding hydrogens is 324 g/mol. The van der Waals surface area contributed by atoms with Crippen LogP contribution in [0.2, 0.25) is 5.15 Å². The van der Waals surface area contributed by atoms with Crippen molar-refractivity contribution < 1.29 is 4.79 Å². The summed E-state index contributed by atoms with van der Waals surface area (Å²) in [6.45, 7) is 0. The Labute approximate surface area is 144 Å². The topological polar surface area (TPSA) is 66.7 Å². The summed E-state index contributed by atoms with van der Waals surface area (Å²) in [7, 11) is 0. The molecule has 2 aromatic carbocycles. The smallest absolute Gasteiger partial charge is 0.255 e. The first-order valence-electron chi connectivity index (χ1n) is 7.20. The van der Waals surface area contributed by atoms with E-state index in [1.165, 1.54) is 12.3 Å². The van der Waals surface area contributed by atoms with Gasteiger partial charge in [-0.2, -0.15) is 10.2 Å². The number of carbonyl (C=O) groups is 1. The number of nitrogens with zero attached hydrogens (tertiary/aromatic N) is 3. The Hall–Kier alpha value is -3.05. The molecule has 0 radical (unpaired) electrons. The van der Waals surface area contributed by atoms with Crippen LogP contribution in [-0.4, -0.2) is 10.9 Å². The fraction of sp³-hybridized carbons (Fsp3) is 0. The summed E-state index contributed by atoms with van der Waals surface area (Å²) in [4.78, 5) is 16.0. The molecule has 0 aliphatic rings. The minimum absolute atomic E-state index is 0.252. The van der Waals surface area contributed by atoms with Gasteiger partial charge in [-0.15, -0.1) is 0 Å². The van der Waals surface area contributed by atoms with Crippen molar-refractivity contribution in [3.05, 3.63) is 83.6 Å². The number of anilines is 1. The van der Waals surface area contributed by atoms with Gasteiger partial charge in [0.15, 0.2) is 0 Å². The van der Waals surface area contributed by atoms with Gasteiger partial charge in [0.05, 0.1) is 11.4 Å². The van der Waals surface area contributed by atoms with Crippen LogP contribution < -0.4 is 5.32 Å². The van der Waals surface area contributed by atoms with Gasteiger partial charge in [0.25, 0.3) is 5.91 Å². The number of amides is 1. The van der Waals surface area contributed by atoms with E-state index in [1.807, 2.05) is 30.3 Å². The predicted octanol–water partition coefficient (Wildman–Crippen LogP) is 5.40. The number of benzene rings is 2. The highest BCUT2D eigenvalue weighted by Crippen LogP contribution is 2.20. The third-order valence-corrected chi connectivity index (χ3v) is 3.36. The Morgan fingerprint density at radius 3 is 2.25 bits per heavy atom. The summed E-state index contributed by atoms with van der Waals surface area (Å²) in [6.07, 6.45) is 1.49. The lowest BCUT2D eigenvalue weighted by atomic mass is 10.2. The number of hydrogen-bond donors (Lipinski definition) is 1. The Morgan fingerprint density at radius 1 is 0.917 bits per heavy atom. The van der Waals surface area contributed by atoms with Crippen molar-refractivity contribution in [2.24, 2.45) is 10.2 Å². The average molecular weight is 337 g/mol. The number of rotatable bonds is 4. The SMILES string of the molecule is O=C(Nc1ccc(N=Nc2ccccc2)cc1)c1ccnc(Cl)c1. The van der Waals surface area contributed by atoms with Crippen LogP contribution in [0.15, 0.2) is 83.2 Å². The van der Waals surface area contributed by atoms with Gasteiger partial charge in [-0.25, -0.2) is 4.98 Å². The van der Waals surface area contributed by atoms with E-state index in [4.69, 9.17) is 11.6 Å². The molecule has 1 N–H and O–H groups in total. The molecule has 0 atom stereocenters. The number of halogens is 1. The fourth-order valence-electron chi connectivity index (χ4n) is 1.97. The number of carbonyl (C=O) groups excluding carboxylic acids is 1. The summed E-state index contributed by atoms with van der Waals surface area (Å²) in [5.74, 6) is -0.252. The molecule has 5 nitrogen and oxygen atoms in total. The second-order valence-electron chi connectivity index (χ2n) is 4.90. The van der Waals surface area contributed by atoms with Gasteiger partial charge >= 0.3 is 0 Å². The maximum absolute atomic E-state index is 12.1. The van der Waals surface area contributed by atoms with Crippen molar-refractivity contribution in [2.75, 3.05) is 5.32 Å². The fourth-order valence-corrected chi connectivity index (χ4v) is 2.14. The number of hydrogen-bond acceptors (Lipinski definition) is 4. The third kappa shape index (κ3) is 4.24. The molecule has 0 bridgehead atoms. The molecule has 0 aliphatic carbocycles. The molecule has 0 spiro atoms.